The van der Waals surface area contributed by atoms with Gasteiger partial charge in [-0.05, 0) is 6.92 Å². The molecule has 3 nitrogen and oxygen atoms in total. The van der Waals surface area contributed by atoms with E-state index in [4.69, 9.17) is 4.52 Å². The molecule has 0 saturated carbocycles. The molecular formula is C4H8O3P+. The molecule has 8 heavy (non-hydrogen) atoms. The van der Waals surface area contributed by atoms with Crippen LogP contribution in [0.2, 0.25) is 0 Å². The minimum atomic E-state index is -1.78. The van der Waals surface area contributed by atoms with E-state index >= 15 is 0 Å². The summed E-state index contributed by atoms with van der Waals surface area (Å²) < 4.78 is 19.8. The van der Waals surface area contributed by atoms with Crippen molar-refractivity contribution in [3.63, 3.8) is 0 Å². The second kappa shape index (κ2) is 2.53. The highest BCUT2D eigenvalue weighted by Gasteiger charge is 2.29. The quantitative estimate of drug-likeness (QED) is 0.472. The van der Waals surface area contributed by atoms with Crippen molar-refractivity contribution in [2.45, 2.75) is 19.4 Å². The van der Waals surface area contributed by atoms with E-state index < -0.39 is 8.25 Å². The largest absolute Gasteiger partial charge is 0.697 e. The third-order valence-electron chi connectivity index (χ3n) is 0.987. The normalized spacial score (nSPS) is 35.1. The van der Waals surface area contributed by atoms with Crippen LogP contribution in [0.5, 0.6) is 0 Å². The third kappa shape index (κ3) is 1.51. The van der Waals surface area contributed by atoms with E-state index in [9.17, 15) is 4.57 Å². The first-order chi connectivity index (χ1) is 3.79. The Bertz CT molecular complexity index is 103. The average molecular weight is 135 g/mol. The minimum Gasteiger partial charge on any atom is -0.119 e. The maximum Gasteiger partial charge on any atom is 0.697 e. The van der Waals surface area contributed by atoms with Gasteiger partial charge >= 0.3 is 8.25 Å². The molecule has 0 spiro atoms. The summed E-state index contributed by atoms with van der Waals surface area (Å²) in [6, 6.07) is 0. The molecule has 1 unspecified atom stereocenters. The minimum absolute atomic E-state index is 0.104. The zero-order valence-corrected chi connectivity index (χ0v) is 5.56. The Morgan fingerprint density at radius 3 is 2.88 bits per heavy atom. The highest BCUT2D eigenvalue weighted by Crippen LogP contribution is 2.31. The second-order valence-corrected chi connectivity index (χ2v) is 2.68. The van der Waals surface area contributed by atoms with Crippen molar-refractivity contribution in [2.24, 2.45) is 0 Å². The first kappa shape index (κ1) is 6.14. The van der Waals surface area contributed by atoms with Crippen molar-refractivity contribution in [1.82, 2.24) is 0 Å². The fourth-order valence-electron chi connectivity index (χ4n) is 0.523. The van der Waals surface area contributed by atoms with Gasteiger partial charge < -0.3 is 0 Å². The summed E-state index contributed by atoms with van der Waals surface area (Å²) in [6.45, 7) is 2.45. The molecular weight excluding hydrogens is 127 g/mol. The summed E-state index contributed by atoms with van der Waals surface area (Å²) in [5.41, 5.74) is 0. The van der Waals surface area contributed by atoms with Crippen LogP contribution in [0, 0.1) is 0 Å². The summed E-state index contributed by atoms with van der Waals surface area (Å²) in [4.78, 5) is 0. The third-order valence-corrected chi connectivity index (χ3v) is 1.91. The molecule has 0 aromatic carbocycles. The van der Waals surface area contributed by atoms with Gasteiger partial charge in [0, 0.05) is 11.0 Å². The SMILES string of the molecule is C[C@H]1CCO[P+](=O)O1. The van der Waals surface area contributed by atoms with Gasteiger partial charge in [-0.3, -0.25) is 0 Å². The lowest BCUT2D eigenvalue weighted by Crippen LogP contribution is -2.11. The first-order valence-corrected chi connectivity index (χ1v) is 3.65. The maximum atomic E-state index is 10.4. The van der Waals surface area contributed by atoms with Crippen molar-refractivity contribution in [3.05, 3.63) is 0 Å². The standard InChI is InChI=1S/C4H8O3P/c1-4-2-3-6-8(5)7-4/h4H,2-3H2,1H3/q+1/t4-/m0/s1. The Balaban J connectivity index is 2.34. The lowest BCUT2D eigenvalue weighted by atomic mass is 10.3. The molecule has 0 radical (unpaired) electrons. The molecule has 0 amide bonds. The molecule has 0 aliphatic carbocycles. The van der Waals surface area contributed by atoms with Gasteiger partial charge in [-0.25, -0.2) is 0 Å². The molecule has 1 fully saturated rings. The van der Waals surface area contributed by atoms with Gasteiger partial charge in [-0.15, -0.1) is 9.05 Å². The van der Waals surface area contributed by atoms with E-state index in [0.29, 0.717) is 6.61 Å². The zero-order valence-electron chi connectivity index (χ0n) is 4.66. The predicted molar refractivity (Wildman–Crippen MR) is 28.7 cm³/mol. The highest BCUT2D eigenvalue weighted by atomic mass is 31.1. The maximum absolute atomic E-state index is 10.4. The monoisotopic (exact) mass is 135 g/mol. The Morgan fingerprint density at radius 1 is 1.75 bits per heavy atom. The Morgan fingerprint density at radius 2 is 2.50 bits per heavy atom. The molecule has 1 aliphatic heterocycles. The molecule has 0 aromatic heterocycles. The lowest BCUT2D eigenvalue weighted by molar-refractivity contribution is 0.108. The van der Waals surface area contributed by atoms with Crippen molar-refractivity contribution in [2.75, 3.05) is 6.61 Å². The molecule has 4 heteroatoms. The molecule has 0 aromatic rings. The number of rotatable bonds is 0. The lowest BCUT2D eigenvalue weighted by Gasteiger charge is -2.04. The summed E-state index contributed by atoms with van der Waals surface area (Å²) >= 11 is 0. The van der Waals surface area contributed by atoms with E-state index in [0.717, 1.165) is 6.42 Å². The smallest absolute Gasteiger partial charge is 0.119 e. The van der Waals surface area contributed by atoms with E-state index in [2.05, 4.69) is 4.52 Å². The van der Waals surface area contributed by atoms with Gasteiger partial charge in [0.2, 0.25) is 0 Å². The van der Waals surface area contributed by atoms with Crippen molar-refractivity contribution in [3.8, 4) is 0 Å². The van der Waals surface area contributed by atoms with Crippen LogP contribution >= 0.6 is 8.25 Å². The van der Waals surface area contributed by atoms with Gasteiger partial charge in [-0.1, -0.05) is 0 Å². The zero-order chi connectivity index (χ0) is 5.98. The molecule has 1 heterocycles. The highest BCUT2D eigenvalue weighted by molar-refractivity contribution is 7.33. The van der Waals surface area contributed by atoms with Crippen LogP contribution in [0.15, 0.2) is 0 Å². The average Bonchev–Trinajstić information content (AvgIpc) is 1.64. The van der Waals surface area contributed by atoms with Crippen LogP contribution in [-0.2, 0) is 13.6 Å². The van der Waals surface area contributed by atoms with E-state index in [1.807, 2.05) is 6.92 Å². The molecule has 2 atom stereocenters. The van der Waals surface area contributed by atoms with Crippen LogP contribution in [0.4, 0.5) is 0 Å². The van der Waals surface area contributed by atoms with E-state index in [1.54, 1.807) is 0 Å². The molecule has 1 saturated heterocycles. The van der Waals surface area contributed by atoms with Crippen LogP contribution < -0.4 is 0 Å². The summed E-state index contributed by atoms with van der Waals surface area (Å²) in [5, 5.41) is 0. The van der Waals surface area contributed by atoms with Gasteiger partial charge in [0.05, 0.1) is 0 Å². The number of hydrogen-bond acceptors (Lipinski definition) is 3. The molecule has 46 valence electrons. The molecule has 0 N–H and O–H groups in total. The first-order valence-electron chi connectivity index (χ1n) is 2.56. The van der Waals surface area contributed by atoms with Crippen LogP contribution in [-0.4, -0.2) is 12.7 Å². The van der Waals surface area contributed by atoms with Gasteiger partial charge in [0.25, 0.3) is 0 Å². The van der Waals surface area contributed by atoms with Crippen LogP contribution in [0.25, 0.3) is 0 Å². The Kier molecular flexibility index (Phi) is 1.95. The topological polar surface area (TPSA) is 35.5 Å². The fourth-order valence-corrected chi connectivity index (χ4v) is 1.24. The van der Waals surface area contributed by atoms with Gasteiger partial charge in [0.1, 0.15) is 12.7 Å². The summed E-state index contributed by atoms with van der Waals surface area (Å²) in [5.74, 6) is 0. The second-order valence-electron chi connectivity index (χ2n) is 1.76. The van der Waals surface area contributed by atoms with Gasteiger partial charge in [0.15, 0.2) is 0 Å². The van der Waals surface area contributed by atoms with E-state index in [-0.39, 0.29) is 6.10 Å². The Hall–Kier alpha value is 0.0200. The summed E-state index contributed by atoms with van der Waals surface area (Å²) in [7, 11) is -1.78. The van der Waals surface area contributed by atoms with Crippen molar-refractivity contribution in [1.29, 1.82) is 0 Å². The van der Waals surface area contributed by atoms with Crippen molar-refractivity contribution < 1.29 is 13.6 Å². The predicted octanol–water partition coefficient (Wildman–Crippen LogP) is 1.47. The van der Waals surface area contributed by atoms with Crippen LogP contribution in [0.3, 0.4) is 0 Å². The van der Waals surface area contributed by atoms with Crippen LogP contribution in [0.1, 0.15) is 13.3 Å². The van der Waals surface area contributed by atoms with E-state index in [1.165, 1.54) is 0 Å². The van der Waals surface area contributed by atoms with Crippen molar-refractivity contribution >= 4 is 8.25 Å². The Labute approximate surface area is 48.9 Å². The summed E-state index contributed by atoms with van der Waals surface area (Å²) in [6.07, 6.45) is 0.952. The molecule has 1 aliphatic rings. The van der Waals surface area contributed by atoms with Gasteiger partial charge in [-0.2, -0.15) is 0 Å². The fraction of sp³-hybridized carbons (Fsp3) is 1.00. The molecule has 1 rings (SSSR count). The number of hydrogen-bond donors (Lipinski definition) is 0. The molecule has 0 bridgehead atoms.